The van der Waals surface area contributed by atoms with E-state index < -0.39 is 12.0 Å². The third kappa shape index (κ3) is 5.88. The van der Waals surface area contributed by atoms with Crippen molar-refractivity contribution in [2.45, 2.75) is 51.3 Å². The van der Waals surface area contributed by atoms with Gasteiger partial charge in [-0.25, -0.2) is 4.98 Å². The minimum atomic E-state index is -0.669. The van der Waals surface area contributed by atoms with Crippen molar-refractivity contribution in [3.8, 4) is 6.07 Å². The molecule has 9 nitrogen and oxygen atoms in total. The molecule has 5 rings (SSSR count). The van der Waals surface area contributed by atoms with Gasteiger partial charge >= 0.3 is 0 Å². The molecule has 0 saturated carbocycles. The summed E-state index contributed by atoms with van der Waals surface area (Å²) >= 11 is 1.06. The van der Waals surface area contributed by atoms with Crippen LogP contribution in [0, 0.1) is 34.2 Å². The largest absolute Gasteiger partial charge is 0.375 e. The Labute approximate surface area is 233 Å². The number of allylic oxidation sites excluding steroid dienone is 3. The van der Waals surface area contributed by atoms with Crippen molar-refractivity contribution in [3.63, 3.8) is 0 Å². The zero-order valence-corrected chi connectivity index (χ0v) is 23.6. The first kappa shape index (κ1) is 27.7. The molecule has 3 aliphatic heterocycles. The number of carbonyl (C=O) groups is 2. The van der Waals surface area contributed by atoms with E-state index in [0.717, 1.165) is 37.5 Å². The summed E-state index contributed by atoms with van der Waals surface area (Å²) in [5, 5.41) is 12.9. The number of nitrogens with one attached hydrogen (secondary N) is 1. The first-order valence-corrected chi connectivity index (χ1v) is 14.7. The summed E-state index contributed by atoms with van der Waals surface area (Å²) < 4.78 is 20.6. The van der Waals surface area contributed by atoms with Crippen LogP contribution in [0.3, 0.4) is 0 Å². The minimum Gasteiger partial charge on any atom is -0.375 e. The van der Waals surface area contributed by atoms with Gasteiger partial charge in [-0.2, -0.15) is 9.65 Å². The number of amides is 2. The van der Waals surface area contributed by atoms with Crippen molar-refractivity contribution < 1.29 is 18.7 Å². The normalized spacial score (nSPS) is 27.8. The van der Waals surface area contributed by atoms with Crippen molar-refractivity contribution in [1.29, 1.82) is 5.26 Å². The van der Waals surface area contributed by atoms with E-state index >= 15 is 0 Å². The Hall–Kier alpha value is -2.81. The van der Waals surface area contributed by atoms with Gasteiger partial charge in [0.1, 0.15) is 11.7 Å². The molecule has 1 aliphatic carbocycles. The van der Waals surface area contributed by atoms with Crippen molar-refractivity contribution in [1.82, 2.24) is 20.1 Å². The second kappa shape index (κ2) is 11.7. The van der Waals surface area contributed by atoms with Gasteiger partial charge in [0.2, 0.25) is 16.9 Å². The number of ether oxygens (including phenoxy) is 1. The number of halogens is 1. The van der Waals surface area contributed by atoms with Gasteiger partial charge < -0.3 is 24.8 Å². The highest BCUT2D eigenvalue weighted by atomic mass is 32.1. The number of anilines is 1. The summed E-state index contributed by atoms with van der Waals surface area (Å²) in [6.07, 6.45) is 6.76. The van der Waals surface area contributed by atoms with Crippen LogP contribution in [0.15, 0.2) is 18.2 Å². The molecule has 1 aromatic heterocycles. The molecule has 3 saturated heterocycles. The van der Waals surface area contributed by atoms with Gasteiger partial charge in [-0.1, -0.05) is 43.4 Å². The third-order valence-corrected chi connectivity index (χ3v) is 9.03. The van der Waals surface area contributed by atoms with Gasteiger partial charge in [0.25, 0.3) is 0 Å². The topological polar surface area (TPSA) is 102 Å². The van der Waals surface area contributed by atoms with E-state index in [2.05, 4.69) is 33.2 Å². The standard InChI is InChI=1S/C28H37FN6O3S/c1-17(2)14-21(27(37)35-16-20(15-30)24-22(35)8-13-38-24)31-26(36)19-6-4-18(5-7-19)23-25(29)39-28(32-23)34-11-9-33(3)10-12-34/h4-6,17,19-22,24H,7-14,16H2,1-3H3,(H,31,36). The highest BCUT2D eigenvalue weighted by molar-refractivity contribution is 7.14. The van der Waals surface area contributed by atoms with Crippen LogP contribution in [0.2, 0.25) is 0 Å². The van der Waals surface area contributed by atoms with Crippen LogP contribution in [0.25, 0.3) is 5.57 Å². The fourth-order valence-electron chi connectivity index (χ4n) is 5.90. The summed E-state index contributed by atoms with van der Waals surface area (Å²) in [6, 6.07) is 1.50. The van der Waals surface area contributed by atoms with Gasteiger partial charge in [-0.3, -0.25) is 9.59 Å². The van der Waals surface area contributed by atoms with E-state index in [1.807, 2.05) is 19.9 Å². The van der Waals surface area contributed by atoms with Crippen molar-refractivity contribution in [2.24, 2.45) is 17.8 Å². The maximum Gasteiger partial charge on any atom is 0.245 e. The van der Waals surface area contributed by atoms with Crippen LogP contribution < -0.4 is 10.2 Å². The number of thiazole rings is 1. The number of nitriles is 1. The molecule has 0 aromatic carbocycles. The predicted octanol–water partition coefficient (Wildman–Crippen LogP) is 2.66. The maximum atomic E-state index is 14.9. The molecule has 4 heterocycles. The van der Waals surface area contributed by atoms with Crippen LogP contribution in [0.4, 0.5) is 9.52 Å². The molecule has 0 bridgehead atoms. The van der Waals surface area contributed by atoms with E-state index in [0.29, 0.717) is 48.8 Å². The maximum absolute atomic E-state index is 14.9. The van der Waals surface area contributed by atoms with Gasteiger partial charge in [0.15, 0.2) is 5.13 Å². The Bertz CT molecular complexity index is 1180. The summed E-state index contributed by atoms with van der Waals surface area (Å²) in [4.78, 5) is 37.5. The molecule has 2 amide bonds. The van der Waals surface area contributed by atoms with Gasteiger partial charge in [-0.15, -0.1) is 0 Å². The van der Waals surface area contributed by atoms with Crippen LogP contribution >= 0.6 is 11.3 Å². The van der Waals surface area contributed by atoms with Crippen molar-refractivity contribution in [3.05, 3.63) is 29.1 Å². The Morgan fingerprint density at radius 2 is 2.08 bits per heavy atom. The lowest BCUT2D eigenvalue weighted by atomic mass is 9.93. The number of hydrogen-bond donors (Lipinski definition) is 1. The lowest BCUT2D eigenvalue weighted by Gasteiger charge is -2.32. The third-order valence-electron chi connectivity index (χ3n) is 8.12. The zero-order valence-electron chi connectivity index (χ0n) is 22.8. The summed E-state index contributed by atoms with van der Waals surface area (Å²) in [7, 11) is 2.08. The molecule has 39 heavy (non-hydrogen) atoms. The highest BCUT2D eigenvalue weighted by Crippen LogP contribution is 2.35. The second-order valence-corrected chi connectivity index (χ2v) is 12.3. The summed E-state index contributed by atoms with van der Waals surface area (Å²) in [6.45, 7) is 8.38. The van der Waals surface area contributed by atoms with Gasteiger partial charge in [0.05, 0.1) is 30.1 Å². The minimum absolute atomic E-state index is 0.113. The summed E-state index contributed by atoms with van der Waals surface area (Å²) in [5.74, 6) is -0.979. The lowest BCUT2D eigenvalue weighted by molar-refractivity contribution is -0.138. The molecule has 5 unspecified atom stereocenters. The summed E-state index contributed by atoms with van der Waals surface area (Å²) in [5.41, 5.74) is 1.00. The fourth-order valence-corrected chi connectivity index (χ4v) is 6.77. The van der Waals surface area contributed by atoms with Crippen LogP contribution in [0.1, 0.15) is 38.8 Å². The smallest absolute Gasteiger partial charge is 0.245 e. The van der Waals surface area contributed by atoms with Crippen molar-refractivity contribution in [2.75, 3.05) is 51.3 Å². The monoisotopic (exact) mass is 556 g/mol. The second-order valence-electron chi connectivity index (χ2n) is 11.4. The van der Waals surface area contributed by atoms with Crippen LogP contribution in [-0.2, 0) is 14.3 Å². The molecule has 210 valence electrons. The highest BCUT2D eigenvalue weighted by Gasteiger charge is 2.49. The lowest BCUT2D eigenvalue weighted by Crippen LogP contribution is -2.52. The number of piperazine rings is 1. The Balaban J connectivity index is 1.22. The van der Waals surface area contributed by atoms with E-state index in [1.165, 1.54) is 0 Å². The van der Waals surface area contributed by atoms with Gasteiger partial charge in [-0.05, 0) is 37.8 Å². The predicted molar refractivity (Wildman–Crippen MR) is 147 cm³/mol. The number of nitrogens with zero attached hydrogens (tertiary/aromatic N) is 5. The molecule has 5 atom stereocenters. The molecule has 11 heteroatoms. The molecule has 0 spiro atoms. The molecule has 3 fully saturated rings. The Morgan fingerprint density at radius 1 is 1.31 bits per heavy atom. The van der Waals surface area contributed by atoms with E-state index in [4.69, 9.17) is 4.74 Å². The number of likely N-dealkylation sites (tertiary alicyclic amines) is 1. The van der Waals surface area contributed by atoms with Gasteiger partial charge in [0, 0.05) is 39.3 Å². The number of likely N-dealkylation sites (N-methyl/N-ethyl adjacent to an activating group) is 1. The Kier molecular flexibility index (Phi) is 8.35. The molecular weight excluding hydrogens is 519 g/mol. The van der Waals surface area contributed by atoms with E-state index in [-0.39, 0.29) is 40.9 Å². The molecule has 1 aromatic rings. The van der Waals surface area contributed by atoms with Crippen molar-refractivity contribution >= 4 is 33.9 Å². The number of fused-ring (bicyclic) bond motifs is 1. The zero-order chi connectivity index (χ0) is 27.7. The SMILES string of the molecule is CC(C)CC(NC(=O)C1C=CC(c2nc(N3CCN(C)CC3)sc2F)=CC1)C(=O)N1CC(C#N)C2OCCC21. The van der Waals surface area contributed by atoms with Crippen LogP contribution in [-0.4, -0.2) is 91.2 Å². The number of aromatic nitrogens is 1. The first-order chi connectivity index (χ1) is 18.7. The average molecular weight is 557 g/mol. The molecule has 0 radical (unpaired) electrons. The molecular formula is C28H37FN6O3S. The Morgan fingerprint density at radius 3 is 2.74 bits per heavy atom. The number of hydrogen-bond acceptors (Lipinski definition) is 8. The fraction of sp³-hybridized carbons (Fsp3) is 0.643. The molecule has 4 aliphatic rings. The number of rotatable bonds is 7. The van der Waals surface area contributed by atoms with E-state index in [9.17, 15) is 19.2 Å². The average Bonchev–Trinajstić information content (AvgIpc) is 3.63. The first-order valence-electron chi connectivity index (χ1n) is 13.9. The molecule has 1 N–H and O–H groups in total. The number of carbonyl (C=O) groups excluding carboxylic acids is 2. The van der Waals surface area contributed by atoms with Crippen LogP contribution in [0.5, 0.6) is 0 Å². The van der Waals surface area contributed by atoms with E-state index in [1.54, 1.807) is 17.1 Å². The quantitative estimate of drug-likeness (QED) is 0.551.